The molecule has 0 saturated heterocycles. The van der Waals surface area contributed by atoms with Crippen LogP contribution in [0.15, 0.2) is 85.3 Å². The quantitative estimate of drug-likeness (QED) is 0.243. The molecule has 2 aliphatic rings. The number of aromatic nitrogens is 4. The smallest absolute Gasteiger partial charge is 0.148 e. The maximum Gasteiger partial charge on any atom is 0.148 e. The fourth-order valence-corrected chi connectivity index (χ4v) is 6.47. The first kappa shape index (κ1) is 17.8. The second-order valence-corrected chi connectivity index (χ2v) is 9.69. The molecule has 4 heterocycles. The van der Waals surface area contributed by atoms with Gasteiger partial charge in [-0.25, -0.2) is 4.98 Å². The summed E-state index contributed by atoms with van der Waals surface area (Å²) in [7, 11) is 0. The van der Waals surface area contributed by atoms with E-state index in [0.717, 1.165) is 51.3 Å². The van der Waals surface area contributed by atoms with Crippen molar-refractivity contribution in [2.24, 2.45) is 0 Å². The van der Waals surface area contributed by atoms with Crippen LogP contribution in [0.5, 0.6) is 0 Å². The zero-order valence-corrected chi connectivity index (χ0v) is 18.8. The maximum absolute atomic E-state index is 5.13. The molecule has 162 valence electrons. The van der Waals surface area contributed by atoms with Gasteiger partial charge in [0.05, 0.1) is 22.1 Å². The number of hydrogen-bond acceptors (Lipinski definition) is 3. The Kier molecular flexibility index (Phi) is 3.11. The van der Waals surface area contributed by atoms with Crippen LogP contribution in [0.2, 0.25) is 0 Å². The summed E-state index contributed by atoms with van der Waals surface area (Å²) in [5.74, 6) is 0. The van der Waals surface area contributed by atoms with Crippen molar-refractivity contribution in [3.05, 3.63) is 108 Å². The van der Waals surface area contributed by atoms with Crippen molar-refractivity contribution in [3.8, 4) is 22.3 Å². The third-order valence-electron chi connectivity index (χ3n) is 7.99. The van der Waals surface area contributed by atoms with Crippen molar-refractivity contribution in [1.29, 1.82) is 0 Å². The summed E-state index contributed by atoms with van der Waals surface area (Å²) in [5, 5.41) is 2.12. The van der Waals surface area contributed by atoms with Crippen LogP contribution in [0.3, 0.4) is 0 Å². The fraction of sp³-hybridized carbons (Fsp3) is 0.0645. The molecule has 7 aromatic rings. The van der Waals surface area contributed by atoms with Crippen LogP contribution < -0.4 is 0 Å². The highest BCUT2D eigenvalue weighted by molar-refractivity contribution is 6.12. The number of pyridine rings is 3. The molecule has 0 unspecified atom stereocenters. The Balaban J connectivity index is 1.36. The average Bonchev–Trinajstić information content (AvgIpc) is 3.58. The first-order valence-electron chi connectivity index (χ1n) is 12.0. The van der Waals surface area contributed by atoms with Gasteiger partial charge in [-0.05, 0) is 87.7 Å². The number of rotatable bonds is 0. The molecule has 0 saturated carbocycles. The van der Waals surface area contributed by atoms with Crippen LogP contribution in [-0.4, -0.2) is 19.4 Å². The summed E-state index contributed by atoms with van der Waals surface area (Å²) in [6.45, 7) is 0. The van der Waals surface area contributed by atoms with E-state index in [9.17, 15) is 0 Å². The van der Waals surface area contributed by atoms with Crippen LogP contribution in [-0.2, 0) is 12.8 Å². The number of fused-ring (bicyclic) bond motifs is 15. The normalized spacial score (nSPS) is 13.5. The minimum absolute atomic E-state index is 0.942. The summed E-state index contributed by atoms with van der Waals surface area (Å²) in [5.41, 5.74) is 16.4. The van der Waals surface area contributed by atoms with Crippen molar-refractivity contribution in [1.82, 2.24) is 19.4 Å². The molecule has 0 spiro atoms. The minimum atomic E-state index is 0.942. The van der Waals surface area contributed by atoms with Crippen LogP contribution in [0.1, 0.15) is 22.3 Å². The number of nitrogens with zero attached hydrogens (tertiary/aromatic N) is 4. The third-order valence-corrected chi connectivity index (χ3v) is 7.99. The summed E-state index contributed by atoms with van der Waals surface area (Å²) in [6.07, 6.45) is 7.60. The fourth-order valence-electron chi connectivity index (χ4n) is 6.47. The molecule has 35 heavy (non-hydrogen) atoms. The Morgan fingerprint density at radius 3 is 2.46 bits per heavy atom. The Morgan fingerprint density at radius 1 is 0.657 bits per heavy atom. The zero-order valence-electron chi connectivity index (χ0n) is 18.8. The third kappa shape index (κ3) is 2.15. The molecular weight excluding hydrogens is 428 g/mol. The Bertz CT molecular complexity index is 2070. The van der Waals surface area contributed by atoms with Crippen molar-refractivity contribution < 1.29 is 0 Å². The number of imidazole rings is 1. The van der Waals surface area contributed by atoms with Crippen molar-refractivity contribution >= 4 is 38.5 Å². The van der Waals surface area contributed by atoms with Crippen LogP contribution >= 0.6 is 0 Å². The van der Waals surface area contributed by atoms with Gasteiger partial charge in [-0.3, -0.25) is 14.4 Å². The molecule has 0 fully saturated rings. The number of benzene rings is 3. The molecule has 0 atom stereocenters. The van der Waals surface area contributed by atoms with E-state index < -0.39 is 0 Å². The summed E-state index contributed by atoms with van der Waals surface area (Å²) < 4.78 is 2.27. The van der Waals surface area contributed by atoms with Gasteiger partial charge in [-0.1, -0.05) is 36.4 Å². The lowest BCUT2D eigenvalue weighted by atomic mass is 9.96. The zero-order chi connectivity index (χ0) is 22.7. The molecule has 0 aliphatic heterocycles. The molecule has 4 aromatic heterocycles. The van der Waals surface area contributed by atoms with Gasteiger partial charge in [-0.2, -0.15) is 0 Å². The second-order valence-electron chi connectivity index (χ2n) is 9.69. The topological polar surface area (TPSA) is 43.1 Å². The molecule has 0 bridgehead atoms. The van der Waals surface area contributed by atoms with Gasteiger partial charge in [0.25, 0.3) is 0 Å². The van der Waals surface area contributed by atoms with Gasteiger partial charge in [0.15, 0.2) is 0 Å². The molecule has 2 aliphatic carbocycles. The Hall–Kier alpha value is -4.57. The highest BCUT2D eigenvalue weighted by Crippen LogP contribution is 2.47. The SMILES string of the molecule is c1ccc2c(c1)Cc1c-2ccc2c1Cc1cc3nc4c5cnccc5c5ncccc5n4c3cc1-2. The van der Waals surface area contributed by atoms with Gasteiger partial charge in [0.2, 0.25) is 0 Å². The van der Waals surface area contributed by atoms with Crippen LogP contribution in [0, 0.1) is 0 Å². The maximum atomic E-state index is 5.13. The van der Waals surface area contributed by atoms with Crippen molar-refractivity contribution in [2.45, 2.75) is 12.8 Å². The largest absolute Gasteiger partial charge is 0.290 e. The lowest BCUT2D eigenvalue weighted by Gasteiger charge is -2.09. The minimum Gasteiger partial charge on any atom is -0.290 e. The van der Waals surface area contributed by atoms with Gasteiger partial charge < -0.3 is 0 Å². The van der Waals surface area contributed by atoms with E-state index in [1.807, 2.05) is 30.7 Å². The highest BCUT2D eigenvalue weighted by atomic mass is 15.0. The van der Waals surface area contributed by atoms with Gasteiger partial charge in [0, 0.05) is 29.4 Å². The van der Waals surface area contributed by atoms with Crippen LogP contribution in [0.25, 0.3) is 60.7 Å². The molecule has 0 radical (unpaired) electrons. The standard InChI is InChI=1S/C31H18N4/c1-2-5-19-17(4-1)12-24-20(19)7-8-21-23-15-29-27(14-18(23)13-25(21)24)34-31-26-16-32-11-9-22(26)30-28(35(29)31)6-3-10-33-30/h1-11,14-16H,12-13H2. The molecule has 9 rings (SSSR count). The first-order valence-corrected chi connectivity index (χ1v) is 12.0. The van der Waals surface area contributed by atoms with Crippen molar-refractivity contribution in [2.75, 3.05) is 0 Å². The second kappa shape index (κ2) is 6.10. The first-order chi connectivity index (χ1) is 17.3. The average molecular weight is 447 g/mol. The Morgan fingerprint density at radius 2 is 1.51 bits per heavy atom. The van der Waals surface area contributed by atoms with E-state index in [-0.39, 0.29) is 0 Å². The molecule has 4 nitrogen and oxygen atoms in total. The molecule has 0 amide bonds. The molecule has 4 heteroatoms. The van der Waals surface area contributed by atoms with Gasteiger partial charge in [-0.15, -0.1) is 0 Å². The lowest BCUT2D eigenvalue weighted by molar-refractivity contribution is 1.16. The summed E-state index contributed by atoms with van der Waals surface area (Å²) in [6, 6.07) is 24.3. The predicted molar refractivity (Wildman–Crippen MR) is 140 cm³/mol. The van der Waals surface area contributed by atoms with E-state index >= 15 is 0 Å². The lowest BCUT2D eigenvalue weighted by Crippen LogP contribution is -1.93. The molecule has 0 N–H and O–H groups in total. The van der Waals surface area contributed by atoms with Gasteiger partial charge in [0.1, 0.15) is 5.65 Å². The molecular formula is C31H18N4. The highest BCUT2D eigenvalue weighted by Gasteiger charge is 2.28. The van der Waals surface area contributed by atoms with E-state index in [1.165, 1.54) is 44.5 Å². The van der Waals surface area contributed by atoms with Crippen molar-refractivity contribution in [3.63, 3.8) is 0 Å². The van der Waals surface area contributed by atoms with E-state index in [4.69, 9.17) is 9.97 Å². The van der Waals surface area contributed by atoms with E-state index in [1.54, 1.807) is 0 Å². The predicted octanol–water partition coefficient (Wildman–Crippen LogP) is 6.73. The van der Waals surface area contributed by atoms with E-state index in [2.05, 4.69) is 64.0 Å². The monoisotopic (exact) mass is 446 g/mol. The van der Waals surface area contributed by atoms with E-state index in [0.29, 0.717) is 0 Å². The Labute approximate surface area is 200 Å². The summed E-state index contributed by atoms with van der Waals surface area (Å²) in [4.78, 5) is 14.3. The van der Waals surface area contributed by atoms with Crippen LogP contribution in [0.4, 0.5) is 0 Å². The van der Waals surface area contributed by atoms with Gasteiger partial charge >= 0.3 is 0 Å². The molecule has 3 aromatic carbocycles. The number of hydrogen-bond donors (Lipinski definition) is 0. The summed E-state index contributed by atoms with van der Waals surface area (Å²) >= 11 is 0.